The van der Waals surface area contributed by atoms with Crippen molar-refractivity contribution >= 4 is 28.2 Å². The monoisotopic (exact) mass is 334 g/mol. The standard InChI is InChI=1S/C19H22N6/c1-2-24-9-11-25(12-10-24)18-13-17(21-14-22-18)23-16-7-3-5-15-6-4-8-20-19(15)16/h3-8,13-14H,2,9-12H2,1H3,(H,21,22,23). The van der Waals surface area contributed by atoms with Crippen LogP contribution in [0.1, 0.15) is 6.92 Å². The third kappa shape index (κ3) is 3.39. The minimum Gasteiger partial charge on any atom is -0.354 e. The number of anilines is 3. The first kappa shape index (κ1) is 15.8. The molecule has 0 saturated carbocycles. The minimum absolute atomic E-state index is 0.793. The molecule has 1 N–H and O–H groups in total. The van der Waals surface area contributed by atoms with Crippen molar-refractivity contribution in [3.05, 3.63) is 48.9 Å². The Morgan fingerprint density at radius 3 is 2.68 bits per heavy atom. The van der Waals surface area contributed by atoms with Crippen LogP contribution in [-0.2, 0) is 0 Å². The van der Waals surface area contributed by atoms with Crippen molar-refractivity contribution in [2.75, 3.05) is 42.9 Å². The van der Waals surface area contributed by atoms with Crippen molar-refractivity contribution in [1.82, 2.24) is 19.9 Å². The Morgan fingerprint density at radius 1 is 1.00 bits per heavy atom. The number of nitrogens with zero attached hydrogens (tertiary/aromatic N) is 5. The van der Waals surface area contributed by atoms with Gasteiger partial charge >= 0.3 is 0 Å². The number of para-hydroxylation sites is 1. The summed E-state index contributed by atoms with van der Waals surface area (Å²) in [5.41, 5.74) is 1.90. The number of aromatic nitrogens is 3. The lowest BCUT2D eigenvalue weighted by atomic mass is 10.2. The van der Waals surface area contributed by atoms with Crippen molar-refractivity contribution in [3.63, 3.8) is 0 Å². The summed E-state index contributed by atoms with van der Waals surface area (Å²) in [6.07, 6.45) is 3.44. The fraction of sp³-hybridized carbons (Fsp3) is 0.316. The van der Waals surface area contributed by atoms with Crippen molar-refractivity contribution in [2.45, 2.75) is 6.92 Å². The molecule has 0 amide bonds. The molecule has 3 aromatic rings. The molecule has 1 fully saturated rings. The van der Waals surface area contributed by atoms with Crippen molar-refractivity contribution in [1.29, 1.82) is 0 Å². The van der Waals surface area contributed by atoms with Crippen LogP contribution in [0.15, 0.2) is 48.9 Å². The minimum atomic E-state index is 0.793. The van der Waals surface area contributed by atoms with E-state index in [1.54, 1.807) is 6.33 Å². The predicted octanol–water partition coefficient (Wildman–Crippen LogP) is 2.91. The van der Waals surface area contributed by atoms with Gasteiger partial charge in [0.15, 0.2) is 0 Å². The number of hydrogen-bond acceptors (Lipinski definition) is 6. The van der Waals surface area contributed by atoms with Gasteiger partial charge in [-0.2, -0.15) is 0 Å². The van der Waals surface area contributed by atoms with Crippen molar-refractivity contribution in [3.8, 4) is 0 Å². The zero-order valence-electron chi connectivity index (χ0n) is 14.4. The average Bonchev–Trinajstić information content (AvgIpc) is 2.69. The molecule has 0 radical (unpaired) electrons. The van der Waals surface area contributed by atoms with Gasteiger partial charge in [0, 0.05) is 43.8 Å². The molecule has 0 spiro atoms. The largest absolute Gasteiger partial charge is 0.354 e. The third-order valence-electron chi connectivity index (χ3n) is 4.69. The number of piperazine rings is 1. The number of fused-ring (bicyclic) bond motifs is 1. The molecule has 0 atom stereocenters. The molecule has 25 heavy (non-hydrogen) atoms. The molecule has 2 aromatic heterocycles. The van der Waals surface area contributed by atoms with E-state index >= 15 is 0 Å². The first-order chi connectivity index (χ1) is 12.3. The molecule has 1 aromatic carbocycles. The van der Waals surface area contributed by atoms with Gasteiger partial charge in [0.1, 0.15) is 18.0 Å². The van der Waals surface area contributed by atoms with Gasteiger partial charge in [-0.3, -0.25) is 4.98 Å². The molecule has 128 valence electrons. The summed E-state index contributed by atoms with van der Waals surface area (Å²) in [4.78, 5) is 18.1. The Bertz CT molecular complexity index is 852. The third-order valence-corrected chi connectivity index (χ3v) is 4.69. The normalized spacial score (nSPS) is 15.5. The fourth-order valence-electron chi connectivity index (χ4n) is 3.22. The first-order valence-electron chi connectivity index (χ1n) is 8.73. The smallest absolute Gasteiger partial charge is 0.135 e. The Balaban J connectivity index is 1.55. The Kier molecular flexibility index (Phi) is 4.43. The van der Waals surface area contributed by atoms with Crippen LogP contribution < -0.4 is 10.2 Å². The van der Waals surface area contributed by atoms with E-state index in [1.807, 2.05) is 30.5 Å². The topological polar surface area (TPSA) is 57.2 Å². The van der Waals surface area contributed by atoms with Crippen LogP contribution in [0.4, 0.5) is 17.3 Å². The number of pyridine rings is 1. The summed E-state index contributed by atoms with van der Waals surface area (Å²) in [5, 5.41) is 4.50. The SMILES string of the molecule is CCN1CCN(c2cc(Nc3cccc4cccnc34)ncn2)CC1. The molecule has 3 heterocycles. The quantitative estimate of drug-likeness (QED) is 0.792. The van der Waals surface area contributed by atoms with Gasteiger partial charge in [-0.25, -0.2) is 9.97 Å². The van der Waals surface area contributed by atoms with Crippen molar-refractivity contribution < 1.29 is 0 Å². The molecular formula is C19H22N6. The van der Waals surface area contributed by atoms with E-state index in [0.29, 0.717) is 0 Å². The molecular weight excluding hydrogens is 312 g/mol. The Labute approximate surface area is 147 Å². The van der Waals surface area contributed by atoms with Crippen LogP contribution in [0.5, 0.6) is 0 Å². The van der Waals surface area contributed by atoms with E-state index in [9.17, 15) is 0 Å². The summed E-state index contributed by atoms with van der Waals surface area (Å²) in [7, 11) is 0. The molecule has 4 rings (SSSR count). The van der Waals surface area contributed by atoms with Crippen LogP contribution in [0.3, 0.4) is 0 Å². The highest BCUT2D eigenvalue weighted by Gasteiger charge is 2.17. The van der Waals surface area contributed by atoms with Gasteiger partial charge in [0.2, 0.25) is 0 Å². The Morgan fingerprint density at radius 2 is 1.84 bits per heavy atom. The Hall–Kier alpha value is -2.73. The van der Waals surface area contributed by atoms with Gasteiger partial charge in [-0.1, -0.05) is 25.1 Å². The maximum Gasteiger partial charge on any atom is 0.135 e. The maximum absolute atomic E-state index is 4.49. The van der Waals surface area contributed by atoms with E-state index in [2.05, 4.69) is 49.1 Å². The lowest BCUT2D eigenvalue weighted by Crippen LogP contribution is -2.46. The fourth-order valence-corrected chi connectivity index (χ4v) is 3.22. The highest BCUT2D eigenvalue weighted by atomic mass is 15.3. The van der Waals surface area contributed by atoms with E-state index in [-0.39, 0.29) is 0 Å². The average molecular weight is 334 g/mol. The highest BCUT2D eigenvalue weighted by Crippen LogP contribution is 2.25. The van der Waals surface area contributed by atoms with E-state index in [4.69, 9.17) is 0 Å². The second kappa shape index (κ2) is 7.03. The van der Waals surface area contributed by atoms with Gasteiger partial charge in [0.25, 0.3) is 0 Å². The molecule has 6 heteroatoms. The van der Waals surface area contributed by atoms with Crippen molar-refractivity contribution in [2.24, 2.45) is 0 Å². The predicted molar refractivity (Wildman–Crippen MR) is 101 cm³/mol. The summed E-state index contributed by atoms with van der Waals surface area (Å²) in [6, 6.07) is 12.1. The van der Waals surface area contributed by atoms with E-state index < -0.39 is 0 Å². The molecule has 6 nitrogen and oxygen atoms in total. The number of nitrogens with one attached hydrogen (secondary N) is 1. The summed E-state index contributed by atoms with van der Waals surface area (Å²) < 4.78 is 0. The summed E-state index contributed by atoms with van der Waals surface area (Å²) in [6.45, 7) is 7.48. The summed E-state index contributed by atoms with van der Waals surface area (Å²) in [5.74, 6) is 1.77. The van der Waals surface area contributed by atoms with Crippen LogP contribution >= 0.6 is 0 Å². The van der Waals surface area contributed by atoms with Crippen LogP contribution in [0, 0.1) is 0 Å². The van der Waals surface area contributed by atoms with Gasteiger partial charge in [0.05, 0.1) is 11.2 Å². The molecule has 0 aliphatic carbocycles. The zero-order valence-corrected chi connectivity index (χ0v) is 14.4. The molecule has 1 aliphatic rings. The number of hydrogen-bond donors (Lipinski definition) is 1. The maximum atomic E-state index is 4.49. The summed E-state index contributed by atoms with van der Waals surface area (Å²) >= 11 is 0. The molecule has 1 aliphatic heterocycles. The van der Waals surface area contributed by atoms with E-state index in [0.717, 1.165) is 60.9 Å². The van der Waals surface area contributed by atoms with Crippen LogP contribution in [-0.4, -0.2) is 52.6 Å². The van der Waals surface area contributed by atoms with E-state index in [1.165, 1.54) is 0 Å². The van der Waals surface area contributed by atoms with Gasteiger partial charge in [-0.15, -0.1) is 0 Å². The zero-order chi connectivity index (χ0) is 17.1. The van der Waals surface area contributed by atoms with Crippen LogP contribution in [0.2, 0.25) is 0 Å². The van der Waals surface area contributed by atoms with Gasteiger partial charge < -0.3 is 15.1 Å². The van der Waals surface area contributed by atoms with Crippen LogP contribution in [0.25, 0.3) is 10.9 Å². The first-order valence-corrected chi connectivity index (χ1v) is 8.73. The second-order valence-electron chi connectivity index (χ2n) is 6.19. The highest BCUT2D eigenvalue weighted by molar-refractivity contribution is 5.91. The number of likely N-dealkylation sites (N-methyl/N-ethyl adjacent to an activating group) is 1. The lowest BCUT2D eigenvalue weighted by molar-refractivity contribution is 0.270. The number of benzene rings is 1. The van der Waals surface area contributed by atoms with Gasteiger partial charge in [-0.05, 0) is 18.7 Å². The molecule has 1 saturated heterocycles. The second-order valence-corrected chi connectivity index (χ2v) is 6.19. The lowest BCUT2D eigenvalue weighted by Gasteiger charge is -2.34. The molecule has 0 unspecified atom stereocenters. The molecule has 0 bridgehead atoms. The number of rotatable bonds is 4.